The molecule has 0 radical (unpaired) electrons. The predicted molar refractivity (Wildman–Crippen MR) is 56.3 cm³/mol. The van der Waals surface area contributed by atoms with E-state index in [0.29, 0.717) is 6.42 Å². The van der Waals surface area contributed by atoms with Crippen molar-refractivity contribution < 1.29 is 13.2 Å². The Morgan fingerprint density at radius 1 is 1.27 bits per heavy atom. The SMILES string of the molecule is O=S1(=O)CC[C@@]2(c3ccccc3)O[C@H]2C1. The van der Waals surface area contributed by atoms with E-state index in [1.54, 1.807) is 0 Å². The number of ether oxygens (including phenoxy) is 1. The lowest BCUT2D eigenvalue weighted by atomic mass is 9.93. The van der Waals surface area contributed by atoms with Crippen molar-refractivity contribution in [3.63, 3.8) is 0 Å². The highest BCUT2D eigenvalue weighted by Gasteiger charge is 2.61. The maximum absolute atomic E-state index is 11.4. The van der Waals surface area contributed by atoms with Crippen molar-refractivity contribution in [1.29, 1.82) is 0 Å². The van der Waals surface area contributed by atoms with E-state index in [9.17, 15) is 8.42 Å². The number of rotatable bonds is 1. The number of sulfone groups is 1. The van der Waals surface area contributed by atoms with Crippen LogP contribution in [0.25, 0.3) is 0 Å². The maximum atomic E-state index is 11.4. The highest BCUT2D eigenvalue weighted by atomic mass is 32.2. The van der Waals surface area contributed by atoms with Crippen LogP contribution < -0.4 is 0 Å². The summed E-state index contributed by atoms with van der Waals surface area (Å²) in [5, 5.41) is 0. The molecule has 80 valence electrons. The fourth-order valence-electron chi connectivity index (χ4n) is 2.35. The molecule has 4 heteroatoms. The Labute approximate surface area is 89.0 Å². The van der Waals surface area contributed by atoms with Gasteiger partial charge in [0.05, 0.1) is 11.5 Å². The normalized spacial score (nSPS) is 36.9. The summed E-state index contributed by atoms with van der Waals surface area (Å²) in [5.74, 6) is 0.431. The smallest absolute Gasteiger partial charge is 0.153 e. The molecule has 3 nitrogen and oxygen atoms in total. The van der Waals surface area contributed by atoms with E-state index in [2.05, 4.69) is 0 Å². The topological polar surface area (TPSA) is 46.7 Å². The molecule has 2 fully saturated rings. The van der Waals surface area contributed by atoms with Crippen LogP contribution in [0.1, 0.15) is 12.0 Å². The molecular formula is C11H12O3S. The Morgan fingerprint density at radius 3 is 2.67 bits per heavy atom. The van der Waals surface area contributed by atoms with E-state index in [0.717, 1.165) is 5.56 Å². The van der Waals surface area contributed by atoms with Gasteiger partial charge >= 0.3 is 0 Å². The van der Waals surface area contributed by atoms with E-state index in [1.165, 1.54) is 0 Å². The molecule has 0 bridgehead atoms. The molecule has 0 unspecified atom stereocenters. The molecule has 2 atom stereocenters. The van der Waals surface area contributed by atoms with Crippen LogP contribution in [0, 0.1) is 0 Å². The highest BCUT2D eigenvalue weighted by molar-refractivity contribution is 7.91. The third kappa shape index (κ3) is 1.40. The molecule has 0 spiro atoms. The Morgan fingerprint density at radius 2 is 2.00 bits per heavy atom. The summed E-state index contributed by atoms with van der Waals surface area (Å²) in [6.45, 7) is 0. The summed E-state index contributed by atoms with van der Waals surface area (Å²) in [5.41, 5.74) is 0.831. The average molecular weight is 224 g/mol. The minimum atomic E-state index is -2.86. The molecule has 0 aliphatic carbocycles. The summed E-state index contributed by atoms with van der Waals surface area (Å²) in [4.78, 5) is 0. The zero-order valence-corrected chi connectivity index (χ0v) is 9.03. The fourth-order valence-corrected chi connectivity index (χ4v) is 3.93. The van der Waals surface area contributed by atoms with Crippen molar-refractivity contribution in [1.82, 2.24) is 0 Å². The zero-order valence-electron chi connectivity index (χ0n) is 8.22. The zero-order chi connectivity index (χ0) is 10.5. The lowest BCUT2D eigenvalue weighted by Crippen LogP contribution is -2.30. The Balaban J connectivity index is 1.93. The molecular weight excluding hydrogens is 212 g/mol. The van der Waals surface area contributed by atoms with Crippen LogP contribution in [0.4, 0.5) is 0 Å². The van der Waals surface area contributed by atoms with Gasteiger partial charge in [0.25, 0.3) is 0 Å². The number of hydrogen-bond donors (Lipinski definition) is 0. The second kappa shape index (κ2) is 2.83. The van der Waals surface area contributed by atoms with Crippen LogP contribution in [0.5, 0.6) is 0 Å². The first-order chi connectivity index (χ1) is 7.12. The molecule has 2 aliphatic rings. The lowest BCUT2D eigenvalue weighted by molar-refractivity contribution is 0.296. The Bertz CT molecular complexity index is 480. The van der Waals surface area contributed by atoms with Crippen LogP contribution in [-0.4, -0.2) is 26.0 Å². The average Bonchev–Trinajstić information content (AvgIpc) is 2.92. The van der Waals surface area contributed by atoms with E-state index in [4.69, 9.17) is 4.74 Å². The largest absolute Gasteiger partial charge is 0.360 e. The molecule has 2 aliphatic heterocycles. The van der Waals surface area contributed by atoms with Crippen molar-refractivity contribution in [2.45, 2.75) is 18.1 Å². The van der Waals surface area contributed by atoms with Gasteiger partial charge in [0, 0.05) is 0 Å². The Kier molecular flexibility index (Phi) is 1.77. The summed E-state index contributed by atoms with van der Waals surface area (Å²) in [6, 6.07) is 9.91. The van der Waals surface area contributed by atoms with Gasteiger partial charge in [-0.2, -0.15) is 0 Å². The first-order valence-corrected chi connectivity index (χ1v) is 6.88. The molecule has 2 heterocycles. The fraction of sp³-hybridized carbons (Fsp3) is 0.455. The van der Waals surface area contributed by atoms with Crippen LogP contribution in [0.2, 0.25) is 0 Å². The van der Waals surface area contributed by atoms with Gasteiger partial charge in [-0.05, 0) is 12.0 Å². The Hall–Kier alpha value is -0.870. The van der Waals surface area contributed by atoms with Gasteiger partial charge in [-0.1, -0.05) is 30.3 Å². The third-order valence-electron chi connectivity index (χ3n) is 3.27. The van der Waals surface area contributed by atoms with Crippen molar-refractivity contribution in [3.05, 3.63) is 35.9 Å². The van der Waals surface area contributed by atoms with E-state index in [1.807, 2.05) is 30.3 Å². The van der Waals surface area contributed by atoms with Gasteiger partial charge in [-0.15, -0.1) is 0 Å². The molecule has 3 rings (SSSR count). The molecule has 1 aromatic rings. The molecule has 2 saturated heterocycles. The summed E-state index contributed by atoms with van der Waals surface area (Å²) >= 11 is 0. The molecule has 0 aromatic heterocycles. The van der Waals surface area contributed by atoms with Crippen molar-refractivity contribution >= 4 is 9.84 Å². The first-order valence-electron chi connectivity index (χ1n) is 5.06. The highest BCUT2D eigenvalue weighted by Crippen LogP contribution is 2.52. The van der Waals surface area contributed by atoms with E-state index < -0.39 is 9.84 Å². The second-order valence-corrected chi connectivity index (χ2v) is 6.46. The van der Waals surface area contributed by atoms with Crippen LogP contribution >= 0.6 is 0 Å². The van der Waals surface area contributed by atoms with Crippen LogP contribution in [0.3, 0.4) is 0 Å². The molecule has 15 heavy (non-hydrogen) atoms. The number of fused-ring (bicyclic) bond motifs is 1. The quantitative estimate of drug-likeness (QED) is 0.671. The monoisotopic (exact) mass is 224 g/mol. The minimum Gasteiger partial charge on any atom is -0.360 e. The molecule has 0 saturated carbocycles. The maximum Gasteiger partial charge on any atom is 0.153 e. The van der Waals surface area contributed by atoms with Gasteiger partial charge in [0.2, 0.25) is 0 Å². The van der Waals surface area contributed by atoms with Crippen molar-refractivity contribution in [3.8, 4) is 0 Å². The van der Waals surface area contributed by atoms with Gasteiger partial charge < -0.3 is 4.74 Å². The van der Waals surface area contributed by atoms with E-state index >= 15 is 0 Å². The predicted octanol–water partition coefficient (Wildman–Crippen LogP) is 1.10. The van der Waals surface area contributed by atoms with Gasteiger partial charge in [0.15, 0.2) is 9.84 Å². The molecule has 0 amide bonds. The van der Waals surface area contributed by atoms with Gasteiger partial charge in [0.1, 0.15) is 11.7 Å². The summed E-state index contributed by atoms with van der Waals surface area (Å²) in [6.07, 6.45) is 0.489. The number of benzene rings is 1. The van der Waals surface area contributed by atoms with Crippen molar-refractivity contribution in [2.75, 3.05) is 11.5 Å². The van der Waals surface area contributed by atoms with Crippen LogP contribution in [-0.2, 0) is 20.2 Å². The van der Waals surface area contributed by atoms with Crippen LogP contribution in [0.15, 0.2) is 30.3 Å². The lowest BCUT2D eigenvalue weighted by Gasteiger charge is -2.17. The van der Waals surface area contributed by atoms with Crippen molar-refractivity contribution in [2.24, 2.45) is 0 Å². The van der Waals surface area contributed by atoms with E-state index in [-0.39, 0.29) is 23.2 Å². The standard InChI is InChI=1S/C11H12O3S/c12-15(13)7-6-11(10(8-15)14-11)9-4-2-1-3-5-9/h1-5,10H,6-8H2/t10-,11-/m0/s1. The van der Waals surface area contributed by atoms with Gasteiger partial charge in [-0.25, -0.2) is 8.42 Å². The molecule has 0 N–H and O–H groups in total. The third-order valence-corrected chi connectivity index (χ3v) is 4.90. The molecule has 1 aromatic carbocycles. The second-order valence-electron chi connectivity index (χ2n) is 4.23. The summed E-state index contributed by atoms with van der Waals surface area (Å²) < 4.78 is 28.4. The van der Waals surface area contributed by atoms with Gasteiger partial charge in [-0.3, -0.25) is 0 Å². The first kappa shape index (κ1) is 9.36. The number of epoxide rings is 1. The number of hydrogen-bond acceptors (Lipinski definition) is 3. The summed E-state index contributed by atoms with van der Waals surface area (Å²) in [7, 11) is -2.86. The minimum absolute atomic E-state index is 0.112.